The predicted octanol–water partition coefficient (Wildman–Crippen LogP) is 2.53. The number of hydrogen-bond acceptors (Lipinski definition) is 4. The molecule has 23 heavy (non-hydrogen) atoms. The van der Waals surface area contributed by atoms with Gasteiger partial charge >= 0.3 is 5.97 Å². The second kappa shape index (κ2) is 6.62. The number of likely N-dealkylation sites (tertiary alicyclic amines) is 2. The maximum Gasteiger partial charge on any atom is 0.323 e. The van der Waals surface area contributed by atoms with E-state index in [1.54, 1.807) is 0 Å². The van der Waals surface area contributed by atoms with Gasteiger partial charge in [0.25, 0.3) is 0 Å². The molecule has 2 saturated heterocycles. The molecule has 4 nitrogen and oxygen atoms in total. The summed E-state index contributed by atoms with van der Waals surface area (Å²) in [5.74, 6) is -0.109. The van der Waals surface area contributed by atoms with Crippen LogP contribution in [0.4, 0.5) is 0 Å². The molecule has 1 spiro atoms. The van der Waals surface area contributed by atoms with Crippen molar-refractivity contribution in [2.75, 3.05) is 26.2 Å². The fourth-order valence-electron chi connectivity index (χ4n) is 3.76. The van der Waals surface area contributed by atoms with Gasteiger partial charge in [0.1, 0.15) is 12.6 Å². The largest absolute Gasteiger partial charge is 0.460 e. The van der Waals surface area contributed by atoms with Crippen molar-refractivity contribution in [3.8, 4) is 0 Å². The second-order valence-electron chi connectivity index (χ2n) is 7.49. The van der Waals surface area contributed by atoms with Crippen molar-refractivity contribution in [2.24, 2.45) is 5.41 Å². The van der Waals surface area contributed by atoms with Crippen LogP contribution in [-0.2, 0) is 16.1 Å². The summed E-state index contributed by atoms with van der Waals surface area (Å²) >= 11 is 0. The molecule has 2 aliphatic rings. The number of ether oxygens (including phenoxy) is 1. The molecular formula is C19H28N2O2. The highest BCUT2D eigenvalue weighted by atomic mass is 16.5. The maximum atomic E-state index is 12.3. The highest BCUT2D eigenvalue weighted by Gasteiger charge is 2.50. The summed E-state index contributed by atoms with van der Waals surface area (Å²) in [6.45, 7) is 11.3. The van der Waals surface area contributed by atoms with Crippen LogP contribution in [0.2, 0.25) is 0 Å². The summed E-state index contributed by atoms with van der Waals surface area (Å²) in [5, 5.41) is 0. The van der Waals surface area contributed by atoms with E-state index >= 15 is 0 Å². The molecule has 0 amide bonds. The summed E-state index contributed by atoms with van der Waals surface area (Å²) in [4.78, 5) is 17.1. The van der Waals surface area contributed by atoms with Crippen molar-refractivity contribution in [2.45, 2.75) is 45.9 Å². The average Bonchev–Trinajstić information content (AvgIpc) is 2.97. The Morgan fingerprint density at radius 2 is 1.78 bits per heavy atom. The topological polar surface area (TPSA) is 32.8 Å². The van der Waals surface area contributed by atoms with Gasteiger partial charge < -0.3 is 9.64 Å². The molecule has 1 atom stereocenters. The lowest BCUT2D eigenvalue weighted by Crippen LogP contribution is -2.62. The Hall–Kier alpha value is -1.39. The quantitative estimate of drug-likeness (QED) is 0.782. The van der Waals surface area contributed by atoms with Gasteiger partial charge in [-0.05, 0) is 39.3 Å². The standard InChI is InChI=1S/C19H28N2O2/c1-15(2)20-10-9-19(12-20)13-21(14-19)16(3)18(22)23-11-17-7-5-4-6-8-17/h4-8,15-16H,9-14H2,1-3H3. The van der Waals surface area contributed by atoms with Crippen molar-refractivity contribution < 1.29 is 9.53 Å². The van der Waals surface area contributed by atoms with Crippen LogP contribution in [0.1, 0.15) is 32.8 Å². The highest BCUT2D eigenvalue weighted by molar-refractivity contribution is 5.75. The summed E-state index contributed by atoms with van der Waals surface area (Å²) in [7, 11) is 0. The Morgan fingerprint density at radius 3 is 2.39 bits per heavy atom. The van der Waals surface area contributed by atoms with Crippen molar-refractivity contribution >= 4 is 5.97 Å². The van der Waals surface area contributed by atoms with Gasteiger partial charge in [0.15, 0.2) is 0 Å². The van der Waals surface area contributed by atoms with Gasteiger partial charge in [0.2, 0.25) is 0 Å². The van der Waals surface area contributed by atoms with Crippen LogP contribution in [0.25, 0.3) is 0 Å². The van der Waals surface area contributed by atoms with E-state index in [9.17, 15) is 4.79 Å². The molecule has 2 aliphatic heterocycles. The SMILES string of the molecule is CC(C)N1CCC2(C1)CN(C(C)C(=O)OCc1ccccc1)C2. The molecule has 0 radical (unpaired) electrons. The number of nitrogens with zero attached hydrogens (tertiary/aromatic N) is 2. The molecule has 0 N–H and O–H groups in total. The van der Waals surface area contributed by atoms with Gasteiger partial charge in [-0.25, -0.2) is 0 Å². The highest BCUT2D eigenvalue weighted by Crippen LogP contribution is 2.41. The minimum Gasteiger partial charge on any atom is -0.460 e. The van der Waals surface area contributed by atoms with E-state index in [1.165, 1.54) is 19.5 Å². The van der Waals surface area contributed by atoms with Gasteiger partial charge in [-0.2, -0.15) is 0 Å². The molecule has 1 unspecified atom stereocenters. The van der Waals surface area contributed by atoms with Crippen LogP contribution in [0, 0.1) is 5.41 Å². The minimum atomic E-state index is -0.141. The Kier molecular flexibility index (Phi) is 4.74. The molecular weight excluding hydrogens is 288 g/mol. The average molecular weight is 316 g/mol. The van der Waals surface area contributed by atoms with E-state index in [0.717, 1.165) is 18.7 Å². The Morgan fingerprint density at radius 1 is 1.13 bits per heavy atom. The van der Waals surface area contributed by atoms with Crippen molar-refractivity contribution in [3.05, 3.63) is 35.9 Å². The van der Waals surface area contributed by atoms with E-state index in [1.807, 2.05) is 37.3 Å². The molecule has 2 heterocycles. The van der Waals surface area contributed by atoms with E-state index in [-0.39, 0.29) is 12.0 Å². The first-order chi connectivity index (χ1) is 11.0. The minimum absolute atomic E-state index is 0.109. The molecule has 1 aromatic rings. The Labute approximate surface area is 139 Å². The van der Waals surface area contributed by atoms with E-state index in [4.69, 9.17) is 4.74 Å². The second-order valence-corrected chi connectivity index (χ2v) is 7.49. The molecule has 2 fully saturated rings. The van der Waals surface area contributed by atoms with Crippen LogP contribution in [0.3, 0.4) is 0 Å². The third-order valence-corrected chi connectivity index (χ3v) is 5.39. The zero-order valence-corrected chi connectivity index (χ0v) is 14.5. The lowest BCUT2D eigenvalue weighted by molar-refractivity contribution is -0.156. The van der Waals surface area contributed by atoms with Gasteiger partial charge in [0, 0.05) is 31.1 Å². The number of rotatable bonds is 5. The number of esters is 1. The molecule has 0 aliphatic carbocycles. The van der Waals surface area contributed by atoms with Gasteiger partial charge in [-0.1, -0.05) is 30.3 Å². The summed E-state index contributed by atoms with van der Waals surface area (Å²) in [5.41, 5.74) is 1.45. The molecule has 0 saturated carbocycles. The Bertz CT molecular complexity index is 538. The number of hydrogen-bond donors (Lipinski definition) is 0. The third-order valence-electron chi connectivity index (χ3n) is 5.39. The number of carbonyl (C=O) groups excluding carboxylic acids is 1. The summed E-state index contributed by atoms with van der Waals surface area (Å²) in [6.07, 6.45) is 1.26. The van der Waals surface area contributed by atoms with Crippen molar-refractivity contribution in [1.29, 1.82) is 0 Å². The van der Waals surface area contributed by atoms with Crippen LogP contribution in [0.5, 0.6) is 0 Å². The zero-order chi connectivity index (χ0) is 16.4. The monoisotopic (exact) mass is 316 g/mol. The molecule has 0 aromatic heterocycles. The summed E-state index contributed by atoms with van der Waals surface area (Å²) < 4.78 is 5.47. The Balaban J connectivity index is 1.45. The first-order valence-electron chi connectivity index (χ1n) is 8.68. The third kappa shape index (κ3) is 3.59. The van der Waals surface area contributed by atoms with Crippen LogP contribution in [0.15, 0.2) is 30.3 Å². The molecule has 126 valence electrons. The zero-order valence-electron chi connectivity index (χ0n) is 14.5. The van der Waals surface area contributed by atoms with Gasteiger partial charge in [-0.3, -0.25) is 9.69 Å². The van der Waals surface area contributed by atoms with E-state index in [2.05, 4.69) is 23.6 Å². The fraction of sp³-hybridized carbons (Fsp3) is 0.632. The van der Waals surface area contributed by atoms with Crippen molar-refractivity contribution in [1.82, 2.24) is 9.80 Å². The smallest absolute Gasteiger partial charge is 0.323 e. The number of carbonyl (C=O) groups is 1. The fourth-order valence-corrected chi connectivity index (χ4v) is 3.76. The first kappa shape index (κ1) is 16.5. The molecule has 4 heteroatoms. The molecule has 3 rings (SSSR count). The predicted molar refractivity (Wildman–Crippen MR) is 91.0 cm³/mol. The number of benzene rings is 1. The summed E-state index contributed by atoms with van der Waals surface area (Å²) in [6, 6.07) is 10.3. The van der Waals surface area contributed by atoms with E-state index in [0.29, 0.717) is 18.1 Å². The first-order valence-corrected chi connectivity index (χ1v) is 8.68. The van der Waals surface area contributed by atoms with Crippen LogP contribution in [-0.4, -0.2) is 54.0 Å². The van der Waals surface area contributed by atoms with Gasteiger partial charge in [0.05, 0.1) is 0 Å². The molecule has 1 aromatic carbocycles. The van der Waals surface area contributed by atoms with Crippen molar-refractivity contribution in [3.63, 3.8) is 0 Å². The van der Waals surface area contributed by atoms with Gasteiger partial charge in [-0.15, -0.1) is 0 Å². The lowest BCUT2D eigenvalue weighted by Gasteiger charge is -2.50. The normalized spacial score (nSPS) is 22.3. The van der Waals surface area contributed by atoms with Crippen LogP contribution < -0.4 is 0 Å². The maximum absolute atomic E-state index is 12.3. The van der Waals surface area contributed by atoms with Crippen LogP contribution >= 0.6 is 0 Å². The molecule has 0 bridgehead atoms. The van der Waals surface area contributed by atoms with E-state index < -0.39 is 0 Å². The lowest BCUT2D eigenvalue weighted by atomic mass is 9.78.